The minimum Gasteiger partial charge on any atom is -0.354 e. The maximum absolute atomic E-state index is 5.03. The number of fused-ring (bicyclic) bond motifs is 4. The minimum atomic E-state index is 0.132. The summed E-state index contributed by atoms with van der Waals surface area (Å²) in [7, 11) is 0. The van der Waals surface area contributed by atoms with Crippen LogP contribution in [0.15, 0.2) is 35.8 Å². The molecule has 0 amide bonds. The van der Waals surface area contributed by atoms with Gasteiger partial charge in [-0.05, 0) is 31.4 Å². The number of aromatic nitrogens is 2. The van der Waals surface area contributed by atoms with Crippen molar-refractivity contribution in [3.8, 4) is 0 Å². The predicted molar refractivity (Wildman–Crippen MR) is 90.6 cm³/mol. The number of hydrogen-bond donors (Lipinski definition) is 0. The SMILES string of the molecule is Cc1ccccc1N1Cc2c(nc3sccn23)C12CCCC2. The van der Waals surface area contributed by atoms with Crippen molar-refractivity contribution in [2.45, 2.75) is 44.7 Å². The van der Waals surface area contributed by atoms with E-state index < -0.39 is 0 Å². The molecule has 0 unspecified atom stereocenters. The molecule has 0 radical (unpaired) electrons. The van der Waals surface area contributed by atoms with Crippen LogP contribution < -0.4 is 4.90 Å². The van der Waals surface area contributed by atoms with Crippen molar-refractivity contribution in [1.29, 1.82) is 0 Å². The topological polar surface area (TPSA) is 20.5 Å². The number of rotatable bonds is 1. The fraction of sp³-hybridized carbons (Fsp3) is 0.389. The monoisotopic (exact) mass is 309 g/mol. The molecular formula is C18H19N3S. The van der Waals surface area contributed by atoms with E-state index in [1.165, 1.54) is 48.3 Å². The van der Waals surface area contributed by atoms with Gasteiger partial charge in [0.15, 0.2) is 4.96 Å². The summed E-state index contributed by atoms with van der Waals surface area (Å²) in [4.78, 5) is 8.82. The van der Waals surface area contributed by atoms with Crippen LogP contribution in [-0.2, 0) is 12.1 Å². The fourth-order valence-corrected chi connectivity index (χ4v) is 5.17. The Balaban J connectivity index is 1.73. The summed E-state index contributed by atoms with van der Waals surface area (Å²) in [6, 6.07) is 8.79. The number of benzene rings is 1. The van der Waals surface area contributed by atoms with Crippen molar-refractivity contribution in [3.63, 3.8) is 0 Å². The Morgan fingerprint density at radius 3 is 2.82 bits per heavy atom. The predicted octanol–water partition coefficient (Wildman–Crippen LogP) is 4.49. The van der Waals surface area contributed by atoms with Crippen molar-refractivity contribution in [2.75, 3.05) is 4.90 Å². The Kier molecular flexibility index (Phi) is 2.51. The Morgan fingerprint density at radius 1 is 1.18 bits per heavy atom. The largest absolute Gasteiger partial charge is 0.354 e. The molecule has 1 aromatic carbocycles. The lowest BCUT2D eigenvalue weighted by molar-refractivity contribution is 0.428. The molecule has 1 aliphatic heterocycles. The average molecular weight is 309 g/mol. The third kappa shape index (κ3) is 1.48. The summed E-state index contributed by atoms with van der Waals surface area (Å²) < 4.78 is 2.30. The molecule has 2 aromatic heterocycles. The zero-order chi connectivity index (χ0) is 14.7. The molecule has 3 nitrogen and oxygen atoms in total. The van der Waals surface area contributed by atoms with Gasteiger partial charge in [0.05, 0.1) is 23.5 Å². The molecule has 3 aromatic rings. The Bertz CT molecular complexity index is 854. The maximum Gasteiger partial charge on any atom is 0.194 e. The molecule has 112 valence electrons. The number of hydrogen-bond acceptors (Lipinski definition) is 3. The van der Waals surface area contributed by atoms with Gasteiger partial charge in [0, 0.05) is 17.3 Å². The molecule has 1 saturated carbocycles. The first-order valence-electron chi connectivity index (χ1n) is 8.08. The number of thiazole rings is 1. The highest BCUT2D eigenvalue weighted by atomic mass is 32.1. The number of nitrogens with zero attached hydrogens (tertiary/aromatic N) is 3. The van der Waals surface area contributed by atoms with Crippen LogP contribution in [0.1, 0.15) is 42.6 Å². The quantitative estimate of drug-likeness (QED) is 0.660. The molecule has 0 saturated heterocycles. The number of imidazole rings is 1. The van der Waals surface area contributed by atoms with Gasteiger partial charge in [-0.2, -0.15) is 0 Å². The third-order valence-electron chi connectivity index (χ3n) is 5.46. The molecule has 3 heterocycles. The number of aryl methyl sites for hydroxylation is 1. The lowest BCUT2D eigenvalue weighted by atomic mass is 9.92. The van der Waals surface area contributed by atoms with Crippen LogP contribution >= 0.6 is 11.3 Å². The highest BCUT2D eigenvalue weighted by Crippen LogP contribution is 2.52. The molecule has 1 aliphatic carbocycles. The van der Waals surface area contributed by atoms with Crippen LogP contribution in [-0.4, -0.2) is 9.38 Å². The van der Waals surface area contributed by atoms with Gasteiger partial charge in [-0.15, -0.1) is 11.3 Å². The fourth-order valence-electron chi connectivity index (χ4n) is 4.43. The van der Waals surface area contributed by atoms with Gasteiger partial charge in [0.2, 0.25) is 0 Å². The molecule has 1 spiro atoms. The molecule has 0 N–H and O–H groups in total. The Hall–Kier alpha value is -1.81. The van der Waals surface area contributed by atoms with Crippen molar-refractivity contribution >= 4 is 22.0 Å². The summed E-state index contributed by atoms with van der Waals surface area (Å²) in [5.41, 5.74) is 5.63. The van der Waals surface area contributed by atoms with E-state index in [0.717, 1.165) is 11.5 Å². The van der Waals surface area contributed by atoms with Crippen LogP contribution in [0.25, 0.3) is 4.96 Å². The van der Waals surface area contributed by atoms with Crippen LogP contribution in [0, 0.1) is 6.92 Å². The van der Waals surface area contributed by atoms with Crippen LogP contribution in [0.3, 0.4) is 0 Å². The first-order valence-corrected chi connectivity index (χ1v) is 8.96. The number of para-hydroxylation sites is 1. The summed E-state index contributed by atoms with van der Waals surface area (Å²) >= 11 is 1.75. The summed E-state index contributed by atoms with van der Waals surface area (Å²) in [5.74, 6) is 0. The van der Waals surface area contributed by atoms with Crippen molar-refractivity contribution in [3.05, 3.63) is 52.8 Å². The highest BCUT2D eigenvalue weighted by Gasteiger charge is 2.50. The average Bonchev–Trinajstić information content (AvgIpc) is 3.25. The van der Waals surface area contributed by atoms with E-state index in [2.05, 4.69) is 52.1 Å². The second kappa shape index (κ2) is 4.35. The van der Waals surface area contributed by atoms with Crippen LogP contribution in [0.4, 0.5) is 5.69 Å². The van der Waals surface area contributed by atoms with Crippen LogP contribution in [0.5, 0.6) is 0 Å². The highest BCUT2D eigenvalue weighted by molar-refractivity contribution is 7.15. The van der Waals surface area contributed by atoms with E-state index in [-0.39, 0.29) is 5.54 Å². The first kappa shape index (κ1) is 12.7. The molecular weight excluding hydrogens is 290 g/mol. The molecule has 2 aliphatic rings. The van der Waals surface area contributed by atoms with Crippen molar-refractivity contribution < 1.29 is 0 Å². The normalized spacial score (nSPS) is 19.4. The zero-order valence-electron chi connectivity index (χ0n) is 12.7. The zero-order valence-corrected chi connectivity index (χ0v) is 13.6. The summed E-state index contributed by atoms with van der Waals surface area (Å²) in [5, 5.41) is 2.14. The molecule has 22 heavy (non-hydrogen) atoms. The van der Waals surface area contributed by atoms with Crippen molar-refractivity contribution in [1.82, 2.24) is 9.38 Å². The maximum atomic E-state index is 5.03. The van der Waals surface area contributed by atoms with Gasteiger partial charge in [-0.3, -0.25) is 4.40 Å². The molecule has 0 atom stereocenters. The second-order valence-corrected chi connectivity index (χ2v) is 7.45. The number of anilines is 1. The molecule has 4 heteroatoms. The molecule has 5 rings (SSSR count). The summed E-state index contributed by atoms with van der Waals surface area (Å²) in [6.07, 6.45) is 7.27. The van der Waals surface area contributed by atoms with Crippen LogP contribution in [0.2, 0.25) is 0 Å². The van der Waals surface area contributed by atoms with Gasteiger partial charge in [-0.25, -0.2) is 4.98 Å². The van der Waals surface area contributed by atoms with E-state index in [9.17, 15) is 0 Å². The standard InChI is InChI=1S/C18H19N3S/c1-13-6-2-3-7-14(13)21-12-15-16(18(21)8-4-5-9-18)19-17-20(15)10-11-22-17/h2-3,6-7,10-11H,4-5,8-9,12H2,1H3. The van der Waals surface area contributed by atoms with E-state index in [1.54, 1.807) is 11.3 Å². The minimum absolute atomic E-state index is 0.132. The van der Waals surface area contributed by atoms with Crippen molar-refractivity contribution in [2.24, 2.45) is 0 Å². The van der Waals surface area contributed by atoms with Gasteiger partial charge >= 0.3 is 0 Å². The molecule has 1 fully saturated rings. The lowest BCUT2D eigenvalue weighted by Gasteiger charge is -2.37. The van der Waals surface area contributed by atoms with E-state index in [0.29, 0.717) is 0 Å². The van der Waals surface area contributed by atoms with Gasteiger partial charge < -0.3 is 4.90 Å². The van der Waals surface area contributed by atoms with E-state index in [4.69, 9.17) is 4.98 Å². The smallest absolute Gasteiger partial charge is 0.194 e. The van der Waals surface area contributed by atoms with Gasteiger partial charge in [-0.1, -0.05) is 31.0 Å². The second-order valence-electron chi connectivity index (χ2n) is 6.57. The Labute approximate surface area is 134 Å². The van der Waals surface area contributed by atoms with Gasteiger partial charge in [0.25, 0.3) is 0 Å². The third-order valence-corrected chi connectivity index (χ3v) is 6.22. The first-order chi connectivity index (χ1) is 10.8. The Morgan fingerprint density at radius 2 is 2.00 bits per heavy atom. The van der Waals surface area contributed by atoms with Gasteiger partial charge in [0.1, 0.15) is 0 Å². The van der Waals surface area contributed by atoms with E-state index in [1.807, 2.05) is 0 Å². The van der Waals surface area contributed by atoms with E-state index >= 15 is 0 Å². The molecule has 0 bridgehead atoms. The lowest BCUT2D eigenvalue weighted by Crippen LogP contribution is -2.39. The summed E-state index contributed by atoms with van der Waals surface area (Å²) in [6.45, 7) is 3.21.